The van der Waals surface area contributed by atoms with E-state index < -0.39 is 12.0 Å². The van der Waals surface area contributed by atoms with E-state index >= 15 is 0 Å². The Morgan fingerprint density at radius 3 is 2.35 bits per heavy atom. The van der Waals surface area contributed by atoms with Crippen LogP contribution in [0.25, 0.3) is 0 Å². The quantitative estimate of drug-likeness (QED) is 0.315. The van der Waals surface area contributed by atoms with Gasteiger partial charge in [0.2, 0.25) is 0 Å². The van der Waals surface area contributed by atoms with E-state index in [0.717, 1.165) is 82.5 Å². The van der Waals surface area contributed by atoms with Gasteiger partial charge in [0, 0.05) is 51.0 Å². The number of aliphatic carboxylic acids is 1. The zero-order valence-corrected chi connectivity index (χ0v) is 18.3. The fourth-order valence-corrected chi connectivity index (χ4v) is 5.37. The Balaban J connectivity index is 1.28. The van der Waals surface area contributed by atoms with Crippen molar-refractivity contribution in [1.29, 1.82) is 0 Å². The van der Waals surface area contributed by atoms with Gasteiger partial charge in [0.05, 0.1) is 6.21 Å². The van der Waals surface area contributed by atoms with E-state index in [0.29, 0.717) is 6.04 Å². The molecule has 7 heteroatoms. The first-order valence-electron chi connectivity index (χ1n) is 11.6. The third-order valence-corrected chi connectivity index (χ3v) is 7.09. The molecule has 1 unspecified atom stereocenters. The summed E-state index contributed by atoms with van der Waals surface area (Å²) in [5.74, 6) is 4.55. The fraction of sp³-hybridized carbons (Fsp3) is 0.583. The highest BCUT2D eigenvalue weighted by Gasteiger charge is 2.34. The molecule has 0 radical (unpaired) electrons. The van der Waals surface area contributed by atoms with Crippen LogP contribution in [0.2, 0.25) is 0 Å². The van der Waals surface area contributed by atoms with E-state index in [2.05, 4.69) is 50.1 Å². The van der Waals surface area contributed by atoms with Crippen LogP contribution in [0.1, 0.15) is 44.1 Å². The lowest BCUT2D eigenvalue weighted by molar-refractivity contribution is -0.142. The Morgan fingerprint density at radius 1 is 1.06 bits per heavy atom. The molecule has 7 nitrogen and oxygen atoms in total. The number of hydrogen-bond donors (Lipinski definition) is 2. The van der Waals surface area contributed by atoms with Crippen LogP contribution < -0.4 is 10.7 Å². The molecule has 31 heavy (non-hydrogen) atoms. The van der Waals surface area contributed by atoms with E-state index in [1.807, 2.05) is 0 Å². The highest BCUT2D eigenvalue weighted by molar-refractivity contribution is 5.80. The minimum absolute atomic E-state index is 0.412. The summed E-state index contributed by atoms with van der Waals surface area (Å²) in [5.41, 5.74) is 3.39. The summed E-state index contributed by atoms with van der Waals surface area (Å²) in [7, 11) is 0. The normalized spacial score (nSPS) is 23.1. The van der Waals surface area contributed by atoms with Crippen LogP contribution >= 0.6 is 0 Å². The number of carboxylic acids is 1. The molecule has 0 spiro atoms. The lowest BCUT2D eigenvalue weighted by atomic mass is 9.91. The van der Waals surface area contributed by atoms with E-state index in [9.17, 15) is 9.90 Å². The number of allylic oxidation sites excluding steroid dienone is 1. The van der Waals surface area contributed by atoms with Gasteiger partial charge in [-0.15, -0.1) is 0 Å². The second kappa shape index (κ2) is 10.3. The van der Waals surface area contributed by atoms with Gasteiger partial charge >= 0.3 is 5.97 Å². The van der Waals surface area contributed by atoms with Crippen LogP contribution in [0.5, 0.6) is 0 Å². The first-order valence-corrected chi connectivity index (χ1v) is 11.6. The van der Waals surface area contributed by atoms with Gasteiger partial charge in [0.1, 0.15) is 6.04 Å². The van der Waals surface area contributed by atoms with Gasteiger partial charge in [-0.05, 0) is 61.8 Å². The van der Waals surface area contributed by atoms with Crippen molar-refractivity contribution in [2.45, 2.75) is 50.6 Å². The van der Waals surface area contributed by atoms with Crippen molar-refractivity contribution in [3.63, 3.8) is 0 Å². The maximum atomic E-state index is 12.0. The monoisotopic (exact) mass is 425 g/mol. The molecule has 0 amide bonds. The van der Waals surface area contributed by atoms with Crippen LogP contribution in [-0.4, -0.2) is 78.4 Å². The van der Waals surface area contributed by atoms with Crippen LogP contribution in [0, 0.1) is 0 Å². The Labute approximate surface area is 185 Å². The standard InChI is InChI=1S/C24H35N5O2/c25-26-18-19-6-8-21(9-7-19)27-14-16-28(17-15-27)22-10-12-29(13-11-22)23(24(30)31)20-4-2-1-3-5-20/h4,6-9,18,22-23H,1-3,5,10-17,25H2,(H,30,31). The zero-order chi connectivity index (χ0) is 21.6. The Kier molecular flexibility index (Phi) is 7.25. The second-order valence-electron chi connectivity index (χ2n) is 8.93. The van der Waals surface area contributed by atoms with Crippen molar-refractivity contribution < 1.29 is 9.90 Å². The molecule has 0 bridgehead atoms. The van der Waals surface area contributed by atoms with E-state index in [1.54, 1.807) is 6.21 Å². The zero-order valence-electron chi connectivity index (χ0n) is 18.3. The number of anilines is 1. The summed E-state index contributed by atoms with van der Waals surface area (Å²) in [6.45, 7) is 5.92. The summed E-state index contributed by atoms with van der Waals surface area (Å²) < 4.78 is 0. The molecule has 1 aromatic carbocycles. The van der Waals surface area contributed by atoms with E-state index in [-0.39, 0.29) is 0 Å². The average Bonchev–Trinajstić information content (AvgIpc) is 2.81. The van der Waals surface area contributed by atoms with Gasteiger partial charge < -0.3 is 15.8 Å². The second-order valence-corrected chi connectivity index (χ2v) is 8.93. The summed E-state index contributed by atoms with van der Waals surface area (Å²) >= 11 is 0. The predicted molar refractivity (Wildman–Crippen MR) is 125 cm³/mol. The molecule has 1 aromatic rings. The lowest BCUT2D eigenvalue weighted by Gasteiger charge is -2.44. The SMILES string of the molecule is NN=Cc1ccc(N2CCN(C3CCN(C(C(=O)O)C4=CCCCC4)CC3)CC2)cc1. The lowest BCUT2D eigenvalue weighted by Crippen LogP contribution is -2.55. The molecule has 0 aromatic heterocycles. The number of carbonyl (C=O) groups is 1. The molecule has 3 N–H and O–H groups in total. The van der Waals surface area contributed by atoms with Crippen molar-refractivity contribution in [3.8, 4) is 0 Å². The number of carboxylic acid groups (broad SMARTS) is 1. The maximum absolute atomic E-state index is 12.0. The first-order chi connectivity index (χ1) is 15.2. The number of rotatable bonds is 6. The Morgan fingerprint density at radius 2 is 1.77 bits per heavy atom. The highest BCUT2D eigenvalue weighted by atomic mass is 16.4. The molecule has 2 heterocycles. The molecular formula is C24H35N5O2. The molecule has 3 aliphatic rings. The number of piperidine rings is 1. The maximum Gasteiger partial charge on any atom is 0.325 e. The molecule has 1 atom stereocenters. The van der Waals surface area contributed by atoms with Gasteiger partial charge in [-0.1, -0.05) is 18.2 Å². The van der Waals surface area contributed by atoms with Crippen LogP contribution in [0.3, 0.4) is 0 Å². The van der Waals surface area contributed by atoms with Gasteiger partial charge in [0.25, 0.3) is 0 Å². The van der Waals surface area contributed by atoms with Gasteiger partial charge in [0.15, 0.2) is 0 Å². The van der Waals surface area contributed by atoms with Gasteiger partial charge in [-0.25, -0.2) is 0 Å². The Hall–Kier alpha value is -2.38. The van der Waals surface area contributed by atoms with Gasteiger partial charge in [-0.2, -0.15) is 5.10 Å². The number of hydrogen-bond acceptors (Lipinski definition) is 6. The summed E-state index contributed by atoms with van der Waals surface area (Å²) in [6, 6.07) is 8.53. The third-order valence-electron chi connectivity index (χ3n) is 7.09. The minimum atomic E-state index is -0.677. The molecule has 1 aliphatic carbocycles. The molecular weight excluding hydrogens is 390 g/mol. The van der Waals surface area contributed by atoms with E-state index in [1.165, 1.54) is 12.1 Å². The topological polar surface area (TPSA) is 85.4 Å². The van der Waals surface area contributed by atoms with Crippen molar-refractivity contribution in [2.75, 3.05) is 44.2 Å². The molecule has 168 valence electrons. The van der Waals surface area contributed by atoms with Crippen molar-refractivity contribution in [3.05, 3.63) is 41.5 Å². The summed E-state index contributed by atoms with van der Waals surface area (Å²) in [5, 5.41) is 13.4. The molecule has 4 rings (SSSR count). The van der Waals surface area contributed by atoms with Crippen LogP contribution in [0.15, 0.2) is 41.0 Å². The predicted octanol–water partition coefficient (Wildman–Crippen LogP) is 2.52. The van der Waals surface area contributed by atoms with Crippen LogP contribution in [-0.2, 0) is 4.79 Å². The van der Waals surface area contributed by atoms with E-state index in [4.69, 9.17) is 5.84 Å². The third kappa shape index (κ3) is 5.28. The van der Waals surface area contributed by atoms with Crippen molar-refractivity contribution >= 4 is 17.9 Å². The molecule has 0 saturated carbocycles. The van der Waals surface area contributed by atoms with Crippen LogP contribution in [0.4, 0.5) is 5.69 Å². The first kappa shape index (κ1) is 21.8. The van der Waals surface area contributed by atoms with Crippen molar-refractivity contribution in [1.82, 2.24) is 9.80 Å². The Bertz CT molecular complexity index is 791. The smallest absolute Gasteiger partial charge is 0.325 e. The molecule has 2 saturated heterocycles. The number of hydrazone groups is 1. The summed E-state index contributed by atoms with van der Waals surface area (Å²) in [4.78, 5) is 19.3. The molecule has 2 fully saturated rings. The van der Waals surface area contributed by atoms with Gasteiger partial charge in [-0.3, -0.25) is 14.6 Å². The minimum Gasteiger partial charge on any atom is -0.480 e. The number of likely N-dealkylation sites (tertiary alicyclic amines) is 1. The van der Waals surface area contributed by atoms with Crippen molar-refractivity contribution in [2.24, 2.45) is 10.9 Å². The summed E-state index contributed by atoms with van der Waals surface area (Å²) in [6.07, 6.45) is 10.3. The highest BCUT2D eigenvalue weighted by Crippen LogP contribution is 2.28. The molecule has 2 aliphatic heterocycles. The number of nitrogens with zero attached hydrogens (tertiary/aromatic N) is 4. The fourth-order valence-electron chi connectivity index (χ4n) is 5.37. The number of nitrogens with two attached hydrogens (primary N) is 1. The number of benzene rings is 1. The largest absolute Gasteiger partial charge is 0.480 e. The number of piperazine rings is 1. The average molecular weight is 426 g/mol.